The number of aromatic nitrogens is 7. The summed E-state index contributed by atoms with van der Waals surface area (Å²) in [5, 5.41) is 24.6. The average Bonchev–Trinajstić information content (AvgIpc) is 3.16. The normalized spacial score (nSPS) is 15.6. The minimum atomic E-state index is -0.130. The van der Waals surface area contributed by atoms with Crippen molar-refractivity contribution in [2.24, 2.45) is 4.99 Å². The van der Waals surface area contributed by atoms with Gasteiger partial charge in [0.1, 0.15) is 11.0 Å². The Morgan fingerprint density at radius 1 is 1.20 bits per heavy atom. The highest BCUT2D eigenvalue weighted by Gasteiger charge is 2.23. The lowest BCUT2D eigenvalue weighted by atomic mass is 10.2. The number of imidazole rings is 1. The lowest BCUT2D eigenvalue weighted by molar-refractivity contribution is -0.575. The smallest absolute Gasteiger partial charge is 0.395 e. The largest absolute Gasteiger partial charge is 0.494 e. The molecule has 0 amide bonds. The van der Waals surface area contributed by atoms with Crippen molar-refractivity contribution in [3.05, 3.63) is 59.3 Å². The van der Waals surface area contributed by atoms with Crippen molar-refractivity contribution in [1.82, 2.24) is 29.5 Å². The highest BCUT2D eigenvalue weighted by atomic mass is 16.3. The number of nitrogens with zero attached hydrogens (tertiary/aromatic N) is 6. The van der Waals surface area contributed by atoms with Crippen molar-refractivity contribution in [3.63, 3.8) is 0 Å². The highest BCUT2D eigenvalue weighted by molar-refractivity contribution is 5.71. The van der Waals surface area contributed by atoms with Crippen LogP contribution in [0.15, 0.2) is 47.8 Å². The van der Waals surface area contributed by atoms with Crippen molar-refractivity contribution < 1.29 is 14.8 Å². The Kier molecular flexibility index (Phi) is 3.42. The molecule has 0 spiro atoms. The SMILES string of the molecule is Oc1cc(C=c2cnn3c(=NC4CC4)nc(-[n+]4c[nH]c5ccccc54)nc23)c(O)[nH]1. The van der Waals surface area contributed by atoms with Crippen LogP contribution in [-0.4, -0.2) is 45.8 Å². The standard InChI is InChI=1S/C20H16N8O2/c29-16-8-11(18(30)24-16)7-12-9-22-28-17(12)25-19(26-20(28)23-13-5-6-13)27-10-21-14-3-1-2-4-15(14)27/h1-4,7-10,13H,5-6H2,(H3,22,23,24,25,26,29,30)/p+1. The van der Waals surface area contributed by atoms with Crippen molar-refractivity contribution in [1.29, 1.82) is 0 Å². The van der Waals surface area contributed by atoms with Gasteiger partial charge in [0.25, 0.3) is 0 Å². The molecule has 4 N–H and O–H groups in total. The van der Waals surface area contributed by atoms with Gasteiger partial charge in [-0.15, -0.1) is 0 Å². The van der Waals surface area contributed by atoms with Crippen LogP contribution in [0.2, 0.25) is 0 Å². The van der Waals surface area contributed by atoms with E-state index < -0.39 is 0 Å². The molecule has 0 unspecified atom stereocenters. The van der Waals surface area contributed by atoms with Crippen molar-refractivity contribution >= 4 is 22.8 Å². The number of aromatic amines is 2. The summed E-state index contributed by atoms with van der Waals surface area (Å²) in [6.45, 7) is 0. The number of aromatic hydroxyl groups is 2. The zero-order chi connectivity index (χ0) is 20.2. The van der Waals surface area contributed by atoms with Crippen LogP contribution in [0.4, 0.5) is 0 Å². The van der Waals surface area contributed by atoms with Crippen LogP contribution in [-0.2, 0) is 0 Å². The molecule has 0 aliphatic heterocycles. The molecule has 0 saturated heterocycles. The molecule has 1 aliphatic rings. The third kappa shape index (κ3) is 2.69. The van der Waals surface area contributed by atoms with Crippen LogP contribution in [0, 0.1) is 0 Å². The topological polar surface area (TPSA) is 131 Å². The molecule has 5 aromatic rings. The van der Waals surface area contributed by atoms with E-state index in [9.17, 15) is 10.2 Å². The van der Waals surface area contributed by atoms with Crippen LogP contribution >= 0.6 is 0 Å². The highest BCUT2D eigenvalue weighted by Crippen LogP contribution is 2.23. The Balaban J connectivity index is 1.64. The minimum absolute atomic E-state index is 0.121. The fourth-order valence-electron chi connectivity index (χ4n) is 3.43. The number of fused-ring (bicyclic) bond motifs is 2. The molecule has 30 heavy (non-hydrogen) atoms. The molecule has 4 heterocycles. The molecular weight excluding hydrogens is 384 g/mol. The van der Waals surface area contributed by atoms with Crippen LogP contribution in [0.1, 0.15) is 18.4 Å². The van der Waals surface area contributed by atoms with E-state index in [1.54, 1.807) is 16.8 Å². The summed E-state index contributed by atoms with van der Waals surface area (Å²) in [7, 11) is 0. The van der Waals surface area contributed by atoms with Crippen LogP contribution in [0.3, 0.4) is 0 Å². The van der Waals surface area contributed by atoms with E-state index in [0.29, 0.717) is 28.0 Å². The summed E-state index contributed by atoms with van der Waals surface area (Å²) in [6, 6.07) is 9.58. The zero-order valence-corrected chi connectivity index (χ0v) is 15.7. The quantitative estimate of drug-likeness (QED) is 0.322. The summed E-state index contributed by atoms with van der Waals surface area (Å²) in [6.07, 6.45) is 7.23. The maximum atomic E-state index is 9.97. The first-order valence-corrected chi connectivity index (χ1v) is 9.56. The Hall–Kier alpha value is -4.21. The monoisotopic (exact) mass is 401 g/mol. The molecule has 10 nitrogen and oxygen atoms in total. The molecule has 10 heteroatoms. The molecular formula is C20H17N8O2+. The number of para-hydroxylation sites is 2. The van der Waals surface area contributed by atoms with E-state index in [4.69, 9.17) is 9.98 Å². The molecule has 6 rings (SSSR count). The van der Waals surface area contributed by atoms with Gasteiger partial charge in [-0.25, -0.2) is 4.99 Å². The molecule has 0 bridgehead atoms. The Bertz CT molecular complexity index is 1540. The van der Waals surface area contributed by atoms with Gasteiger partial charge in [-0.1, -0.05) is 22.1 Å². The first-order chi connectivity index (χ1) is 14.7. The van der Waals surface area contributed by atoms with Gasteiger partial charge in [0.05, 0.1) is 17.5 Å². The Morgan fingerprint density at radius 3 is 2.87 bits per heavy atom. The zero-order valence-electron chi connectivity index (χ0n) is 15.7. The summed E-state index contributed by atoms with van der Waals surface area (Å²) >= 11 is 0. The van der Waals surface area contributed by atoms with E-state index >= 15 is 0 Å². The number of rotatable bonds is 3. The lowest BCUT2D eigenvalue weighted by Gasteiger charge is -1.96. The number of nitrogens with one attached hydrogen (secondary N) is 2. The van der Waals surface area contributed by atoms with Gasteiger partial charge in [0.2, 0.25) is 5.65 Å². The third-order valence-corrected chi connectivity index (χ3v) is 5.06. The molecule has 1 saturated carbocycles. The van der Waals surface area contributed by atoms with Crippen molar-refractivity contribution in [3.8, 4) is 17.7 Å². The fraction of sp³-hybridized carbons (Fsp3) is 0.150. The Morgan fingerprint density at radius 2 is 2.07 bits per heavy atom. The summed E-state index contributed by atoms with van der Waals surface area (Å²) in [5.41, 5.74) is 3.38. The van der Waals surface area contributed by atoms with E-state index in [-0.39, 0.29) is 17.8 Å². The summed E-state index contributed by atoms with van der Waals surface area (Å²) < 4.78 is 3.48. The predicted octanol–water partition coefficient (Wildman–Crippen LogP) is 0.232. The average molecular weight is 401 g/mol. The Labute approximate surface area is 168 Å². The summed E-state index contributed by atoms with van der Waals surface area (Å²) in [4.78, 5) is 19.8. The van der Waals surface area contributed by atoms with Crippen molar-refractivity contribution in [2.45, 2.75) is 18.9 Å². The van der Waals surface area contributed by atoms with Gasteiger partial charge in [-0.3, -0.25) is 9.97 Å². The first-order valence-electron chi connectivity index (χ1n) is 9.56. The minimum Gasteiger partial charge on any atom is -0.494 e. The van der Waals surface area contributed by atoms with Crippen LogP contribution < -0.4 is 15.4 Å². The molecule has 0 radical (unpaired) electrons. The van der Waals surface area contributed by atoms with E-state index in [1.165, 1.54) is 6.07 Å². The number of hydrogen-bond donors (Lipinski definition) is 4. The molecule has 1 fully saturated rings. The maximum absolute atomic E-state index is 9.97. The summed E-state index contributed by atoms with van der Waals surface area (Å²) in [5.74, 6) is 0.218. The second-order valence-electron chi connectivity index (χ2n) is 7.28. The van der Waals surface area contributed by atoms with Gasteiger partial charge in [-0.05, 0) is 31.1 Å². The van der Waals surface area contributed by atoms with Gasteiger partial charge < -0.3 is 10.2 Å². The fourth-order valence-corrected chi connectivity index (χ4v) is 3.43. The first kappa shape index (κ1) is 16.7. The molecule has 148 valence electrons. The predicted molar refractivity (Wildman–Crippen MR) is 106 cm³/mol. The van der Waals surface area contributed by atoms with Gasteiger partial charge in [-0.2, -0.15) is 14.2 Å². The molecule has 1 aromatic carbocycles. The molecule has 1 aliphatic carbocycles. The van der Waals surface area contributed by atoms with Gasteiger partial charge in [0.15, 0.2) is 18.1 Å². The van der Waals surface area contributed by atoms with Crippen LogP contribution in [0.25, 0.3) is 28.7 Å². The van der Waals surface area contributed by atoms with E-state index in [1.807, 2.05) is 35.2 Å². The van der Waals surface area contributed by atoms with E-state index in [2.05, 4.69) is 20.1 Å². The van der Waals surface area contributed by atoms with Crippen molar-refractivity contribution in [2.75, 3.05) is 0 Å². The number of H-pyrrole nitrogens is 2. The third-order valence-electron chi connectivity index (χ3n) is 5.06. The van der Waals surface area contributed by atoms with Gasteiger partial charge >= 0.3 is 11.6 Å². The second kappa shape index (κ2) is 6.14. The van der Waals surface area contributed by atoms with Crippen LogP contribution in [0.5, 0.6) is 11.8 Å². The maximum Gasteiger partial charge on any atom is 0.395 e. The number of hydrogen-bond acceptors (Lipinski definition) is 6. The van der Waals surface area contributed by atoms with Gasteiger partial charge in [0, 0.05) is 11.6 Å². The molecule has 0 atom stereocenters. The van der Waals surface area contributed by atoms with E-state index in [0.717, 1.165) is 23.9 Å². The number of benzene rings is 1. The molecule has 4 aromatic heterocycles. The second-order valence-corrected chi connectivity index (χ2v) is 7.28. The lowest BCUT2D eigenvalue weighted by Crippen LogP contribution is -2.37.